The van der Waals surface area contributed by atoms with Crippen molar-refractivity contribution in [2.45, 2.75) is 26.4 Å². The lowest BCUT2D eigenvalue weighted by Crippen LogP contribution is -2.32. The Morgan fingerprint density at radius 1 is 1.29 bits per heavy atom. The summed E-state index contributed by atoms with van der Waals surface area (Å²) in [5.74, 6) is 0.497. The van der Waals surface area contributed by atoms with Crippen LogP contribution in [0.2, 0.25) is 0 Å². The summed E-state index contributed by atoms with van der Waals surface area (Å²) in [5, 5.41) is 4.64. The van der Waals surface area contributed by atoms with Crippen LogP contribution >= 0.6 is 0 Å². The van der Waals surface area contributed by atoms with Gasteiger partial charge in [0.05, 0.1) is 17.4 Å². The Bertz CT molecular complexity index is 885. The van der Waals surface area contributed by atoms with Crippen LogP contribution in [0, 0.1) is 0 Å². The second-order valence-corrected chi connectivity index (χ2v) is 5.46. The first-order valence-corrected chi connectivity index (χ1v) is 7.90. The number of aryl methyl sites for hydroxylation is 1. The second-order valence-electron chi connectivity index (χ2n) is 5.46. The Balaban J connectivity index is 1.72. The molecule has 1 aromatic carbocycles. The Morgan fingerprint density at radius 3 is 2.88 bits per heavy atom. The molecule has 0 atom stereocenters. The van der Waals surface area contributed by atoms with Crippen LogP contribution in [0.4, 0.5) is 0 Å². The number of amides is 1. The lowest BCUT2D eigenvalue weighted by atomic mass is 10.2. The first-order valence-electron chi connectivity index (χ1n) is 7.90. The summed E-state index contributed by atoms with van der Waals surface area (Å²) in [4.78, 5) is 33.4. The van der Waals surface area contributed by atoms with Crippen LogP contribution in [0.25, 0.3) is 10.9 Å². The number of hydrogen-bond acceptors (Lipinski definition) is 4. The number of fused-ring (bicyclic) bond motifs is 1. The van der Waals surface area contributed by atoms with Crippen LogP contribution in [-0.4, -0.2) is 37.1 Å². The smallest absolute Gasteiger partial charge is 0.258 e. The molecule has 1 N–H and O–H groups in total. The summed E-state index contributed by atoms with van der Waals surface area (Å²) < 4.78 is 1.72. The van der Waals surface area contributed by atoms with Crippen molar-refractivity contribution in [2.75, 3.05) is 6.54 Å². The van der Waals surface area contributed by atoms with Crippen molar-refractivity contribution in [3.8, 4) is 0 Å². The van der Waals surface area contributed by atoms with E-state index in [1.54, 1.807) is 34.0 Å². The van der Waals surface area contributed by atoms with Gasteiger partial charge < -0.3 is 9.88 Å². The molecule has 0 radical (unpaired) electrons. The molecule has 3 aromatic rings. The first kappa shape index (κ1) is 15.9. The number of carbonyl (C=O) groups excluding carboxylic acids is 1. The molecule has 3 rings (SSSR count). The van der Waals surface area contributed by atoms with Gasteiger partial charge in [0.25, 0.3) is 5.56 Å². The van der Waals surface area contributed by atoms with E-state index in [4.69, 9.17) is 0 Å². The number of benzene rings is 1. The van der Waals surface area contributed by atoms with Gasteiger partial charge >= 0.3 is 0 Å². The molecule has 0 aliphatic carbocycles. The van der Waals surface area contributed by atoms with Crippen LogP contribution in [0.1, 0.15) is 19.2 Å². The zero-order chi connectivity index (χ0) is 16.9. The SMILES string of the molecule is CCN(Cc1nc2ccccc2c(=O)[nH]1)C(=O)CCn1cccn1. The third kappa shape index (κ3) is 3.51. The van der Waals surface area contributed by atoms with Crippen molar-refractivity contribution < 1.29 is 4.79 Å². The zero-order valence-electron chi connectivity index (χ0n) is 13.5. The van der Waals surface area contributed by atoms with Crippen LogP contribution < -0.4 is 5.56 Å². The summed E-state index contributed by atoms with van der Waals surface area (Å²) >= 11 is 0. The first-order chi connectivity index (χ1) is 11.7. The van der Waals surface area contributed by atoms with Gasteiger partial charge in [0.2, 0.25) is 5.91 Å². The predicted molar refractivity (Wildman–Crippen MR) is 90.3 cm³/mol. The Hall–Kier alpha value is -2.96. The van der Waals surface area contributed by atoms with Crippen molar-refractivity contribution in [3.05, 3.63) is 58.9 Å². The van der Waals surface area contributed by atoms with E-state index >= 15 is 0 Å². The maximum atomic E-state index is 12.4. The minimum absolute atomic E-state index is 0.00353. The summed E-state index contributed by atoms with van der Waals surface area (Å²) in [7, 11) is 0. The van der Waals surface area contributed by atoms with Crippen molar-refractivity contribution in [3.63, 3.8) is 0 Å². The maximum Gasteiger partial charge on any atom is 0.258 e. The minimum Gasteiger partial charge on any atom is -0.335 e. The van der Waals surface area contributed by atoms with Gasteiger partial charge in [0, 0.05) is 31.9 Å². The summed E-state index contributed by atoms with van der Waals surface area (Å²) in [5.41, 5.74) is 0.451. The van der Waals surface area contributed by atoms with E-state index in [2.05, 4.69) is 15.1 Å². The largest absolute Gasteiger partial charge is 0.335 e. The summed E-state index contributed by atoms with van der Waals surface area (Å²) in [6.07, 6.45) is 3.87. The molecule has 0 spiro atoms. The van der Waals surface area contributed by atoms with Crippen LogP contribution in [-0.2, 0) is 17.9 Å². The minimum atomic E-state index is -0.185. The van der Waals surface area contributed by atoms with Gasteiger partial charge in [-0.3, -0.25) is 14.3 Å². The van der Waals surface area contributed by atoms with E-state index in [1.807, 2.05) is 25.3 Å². The summed E-state index contributed by atoms with van der Waals surface area (Å²) in [6.45, 7) is 3.28. The van der Waals surface area contributed by atoms with Crippen molar-refractivity contribution in [2.24, 2.45) is 0 Å². The molecule has 7 nitrogen and oxygen atoms in total. The Labute approximate surface area is 138 Å². The number of nitrogens with one attached hydrogen (secondary N) is 1. The van der Waals surface area contributed by atoms with Crippen LogP contribution in [0.3, 0.4) is 0 Å². The molecule has 0 saturated heterocycles. The molecule has 24 heavy (non-hydrogen) atoms. The average molecular weight is 325 g/mol. The monoisotopic (exact) mass is 325 g/mol. The molecular weight excluding hydrogens is 306 g/mol. The van der Waals surface area contributed by atoms with E-state index < -0.39 is 0 Å². The number of aromatic nitrogens is 4. The number of para-hydroxylation sites is 1. The molecule has 0 aliphatic heterocycles. The second kappa shape index (κ2) is 7.08. The molecule has 0 unspecified atom stereocenters. The number of aromatic amines is 1. The fourth-order valence-corrected chi connectivity index (χ4v) is 2.57. The number of nitrogens with zero attached hydrogens (tertiary/aromatic N) is 4. The van der Waals surface area contributed by atoms with Gasteiger partial charge in [0.15, 0.2) is 0 Å². The maximum absolute atomic E-state index is 12.4. The highest BCUT2D eigenvalue weighted by Gasteiger charge is 2.14. The lowest BCUT2D eigenvalue weighted by Gasteiger charge is -2.20. The molecule has 0 bridgehead atoms. The Kier molecular flexibility index (Phi) is 4.69. The van der Waals surface area contributed by atoms with E-state index in [0.717, 1.165) is 0 Å². The lowest BCUT2D eigenvalue weighted by molar-refractivity contribution is -0.132. The van der Waals surface area contributed by atoms with Crippen LogP contribution in [0.15, 0.2) is 47.5 Å². The molecule has 1 amide bonds. The molecule has 7 heteroatoms. The fourth-order valence-electron chi connectivity index (χ4n) is 2.57. The highest BCUT2D eigenvalue weighted by molar-refractivity contribution is 5.77. The number of rotatable bonds is 6. The van der Waals surface area contributed by atoms with Crippen molar-refractivity contribution in [1.82, 2.24) is 24.6 Å². The highest BCUT2D eigenvalue weighted by Crippen LogP contribution is 2.08. The number of H-pyrrole nitrogens is 1. The molecule has 124 valence electrons. The van der Waals surface area contributed by atoms with Crippen LogP contribution in [0.5, 0.6) is 0 Å². The van der Waals surface area contributed by atoms with Crippen molar-refractivity contribution >= 4 is 16.8 Å². The normalized spacial score (nSPS) is 10.9. The van der Waals surface area contributed by atoms with Gasteiger partial charge in [-0.05, 0) is 25.1 Å². The highest BCUT2D eigenvalue weighted by atomic mass is 16.2. The predicted octanol–water partition coefficient (Wildman–Crippen LogP) is 1.56. The van der Waals surface area contributed by atoms with E-state index in [-0.39, 0.29) is 18.0 Å². The quantitative estimate of drug-likeness (QED) is 0.745. The molecule has 0 saturated carbocycles. The van der Waals surface area contributed by atoms with E-state index in [9.17, 15) is 9.59 Å². The third-order valence-corrected chi connectivity index (χ3v) is 3.85. The fraction of sp³-hybridized carbons (Fsp3) is 0.294. The van der Waals surface area contributed by atoms with Gasteiger partial charge in [-0.25, -0.2) is 4.98 Å². The number of carbonyl (C=O) groups is 1. The zero-order valence-corrected chi connectivity index (χ0v) is 13.5. The average Bonchev–Trinajstić information content (AvgIpc) is 3.11. The Morgan fingerprint density at radius 2 is 2.12 bits per heavy atom. The topological polar surface area (TPSA) is 83.9 Å². The van der Waals surface area contributed by atoms with E-state index in [1.165, 1.54) is 0 Å². The van der Waals surface area contributed by atoms with Gasteiger partial charge in [-0.1, -0.05) is 12.1 Å². The van der Waals surface area contributed by atoms with Gasteiger partial charge in [0.1, 0.15) is 5.82 Å². The van der Waals surface area contributed by atoms with E-state index in [0.29, 0.717) is 36.2 Å². The van der Waals surface area contributed by atoms with Gasteiger partial charge in [-0.15, -0.1) is 0 Å². The summed E-state index contributed by atoms with van der Waals surface area (Å²) in [6, 6.07) is 8.99. The van der Waals surface area contributed by atoms with Crippen molar-refractivity contribution in [1.29, 1.82) is 0 Å². The molecule has 0 fully saturated rings. The number of hydrogen-bond donors (Lipinski definition) is 1. The molecule has 2 aromatic heterocycles. The third-order valence-electron chi connectivity index (χ3n) is 3.85. The molecule has 2 heterocycles. The molecular formula is C17H19N5O2. The standard InChI is InChI=1S/C17H19N5O2/c1-2-21(16(23)8-11-22-10-5-9-18-22)12-15-19-14-7-4-3-6-13(14)17(24)20-15/h3-7,9-10H,2,8,11-12H2,1H3,(H,19,20,24). The van der Waals surface area contributed by atoms with Gasteiger partial charge in [-0.2, -0.15) is 5.10 Å². The molecule has 0 aliphatic rings.